The molecule has 2 heteroatoms. The lowest BCUT2D eigenvalue weighted by Gasteiger charge is -2.53. The fourth-order valence-electron chi connectivity index (χ4n) is 2.69. The van der Waals surface area contributed by atoms with Gasteiger partial charge >= 0.3 is 0 Å². The number of benzene rings is 1. The van der Waals surface area contributed by atoms with Crippen molar-refractivity contribution in [1.29, 1.82) is 0 Å². The van der Waals surface area contributed by atoms with Gasteiger partial charge in [0, 0.05) is 5.41 Å². The SMILES string of the molecule is CCC1(CC)C(C)OC1OCc1ccccc1. The van der Waals surface area contributed by atoms with Crippen molar-refractivity contribution in [3.8, 4) is 0 Å². The van der Waals surface area contributed by atoms with Crippen molar-refractivity contribution in [2.24, 2.45) is 5.41 Å². The molecule has 2 unspecified atom stereocenters. The Labute approximate surface area is 104 Å². The van der Waals surface area contributed by atoms with Crippen LogP contribution in [-0.4, -0.2) is 12.4 Å². The van der Waals surface area contributed by atoms with Crippen LogP contribution >= 0.6 is 0 Å². The lowest BCUT2D eigenvalue weighted by Crippen LogP contribution is -2.58. The highest BCUT2D eigenvalue weighted by atomic mass is 16.7. The Morgan fingerprint density at radius 2 is 1.82 bits per heavy atom. The van der Waals surface area contributed by atoms with Crippen molar-refractivity contribution in [1.82, 2.24) is 0 Å². The average molecular weight is 234 g/mol. The molecule has 1 aromatic carbocycles. The first-order valence-corrected chi connectivity index (χ1v) is 6.54. The van der Waals surface area contributed by atoms with Gasteiger partial charge in [0.1, 0.15) is 0 Å². The normalized spacial score (nSPS) is 26.5. The van der Waals surface area contributed by atoms with Crippen LogP contribution in [0.15, 0.2) is 30.3 Å². The molecule has 0 spiro atoms. The second-order valence-corrected chi connectivity index (χ2v) is 4.85. The van der Waals surface area contributed by atoms with Crippen LogP contribution in [0.5, 0.6) is 0 Å². The molecule has 2 atom stereocenters. The minimum absolute atomic E-state index is 0.0345. The molecule has 2 nitrogen and oxygen atoms in total. The van der Waals surface area contributed by atoms with Gasteiger partial charge in [-0.2, -0.15) is 0 Å². The Hall–Kier alpha value is -0.860. The lowest BCUT2D eigenvalue weighted by atomic mass is 9.72. The van der Waals surface area contributed by atoms with Gasteiger partial charge in [-0.3, -0.25) is 0 Å². The van der Waals surface area contributed by atoms with E-state index in [0.717, 1.165) is 12.8 Å². The molecule has 1 heterocycles. The highest BCUT2D eigenvalue weighted by Gasteiger charge is 2.52. The fraction of sp³-hybridized carbons (Fsp3) is 0.600. The zero-order chi connectivity index (χ0) is 12.3. The van der Waals surface area contributed by atoms with Crippen molar-refractivity contribution >= 4 is 0 Å². The summed E-state index contributed by atoms with van der Waals surface area (Å²) in [6.45, 7) is 7.23. The topological polar surface area (TPSA) is 18.5 Å². The van der Waals surface area contributed by atoms with E-state index in [1.54, 1.807) is 0 Å². The van der Waals surface area contributed by atoms with E-state index in [4.69, 9.17) is 9.47 Å². The number of rotatable bonds is 5. The summed E-state index contributed by atoms with van der Waals surface area (Å²) in [4.78, 5) is 0. The van der Waals surface area contributed by atoms with Crippen LogP contribution in [0.2, 0.25) is 0 Å². The third-order valence-electron chi connectivity index (χ3n) is 4.17. The summed E-state index contributed by atoms with van der Waals surface area (Å²) in [5.41, 5.74) is 1.42. The van der Waals surface area contributed by atoms with Gasteiger partial charge in [-0.25, -0.2) is 0 Å². The van der Waals surface area contributed by atoms with Crippen molar-refractivity contribution < 1.29 is 9.47 Å². The summed E-state index contributed by atoms with van der Waals surface area (Å²) >= 11 is 0. The standard InChI is InChI=1S/C15H22O2/c1-4-15(5-2)12(3)17-14(15)16-11-13-9-7-6-8-10-13/h6-10,12,14H,4-5,11H2,1-3H3. The summed E-state index contributed by atoms with van der Waals surface area (Å²) in [7, 11) is 0. The molecule has 1 aliphatic rings. The molecule has 0 aliphatic carbocycles. The third-order valence-corrected chi connectivity index (χ3v) is 4.17. The molecule has 0 amide bonds. The van der Waals surface area contributed by atoms with Gasteiger partial charge < -0.3 is 9.47 Å². The molecule has 1 saturated heterocycles. The highest BCUT2D eigenvalue weighted by molar-refractivity contribution is 5.13. The zero-order valence-corrected chi connectivity index (χ0v) is 11.0. The quantitative estimate of drug-likeness (QED) is 0.772. The van der Waals surface area contributed by atoms with Crippen LogP contribution in [0.25, 0.3) is 0 Å². The van der Waals surface area contributed by atoms with E-state index in [1.165, 1.54) is 5.56 Å². The molecule has 0 aromatic heterocycles. The maximum Gasteiger partial charge on any atom is 0.166 e. The van der Waals surface area contributed by atoms with E-state index < -0.39 is 0 Å². The maximum atomic E-state index is 5.91. The molecule has 0 bridgehead atoms. The molecule has 0 radical (unpaired) electrons. The number of ether oxygens (including phenoxy) is 2. The lowest BCUT2D eigenvalue weighted by molar-refractivity contribution is -0.353. The van der Waals surface area contributed by atoms with E-state index in [9.17, 15) is 0 Å². The molecule has 94 valence electrons. The predicted molar refractivity (Wildman–Crippen MR) is 68.6 cm³/mol. The van der Waals surface area contributed by atoms with E-state index in [1.807, 2.05) is 18.2 Å². The first kappa shape index (κ1) is 12.6. The Morgan fingerprint density at radius 1 is 1.18 bits per heavy atom. The summed E-state index contributed by atoms with van der Waals surface area (Å²) in [5.74, 6) is 0. The van der Waals surface area contributed by atoms with Crippen LogP contribution in [0.4, 0.5) is 0 Å². The van der Waals surface area contributed by atoms with Crippen LogP contribution in [0, 0.1) is 5.41 Å². The Bertz CT molecular complexity index is 343. The summed E-state index contributed by atoms with van der Waals surface area (Å²) in [6.07, 6.45) is 2.51. The molecule has 1 aromatic rings. The highest BCUT2D eigenvalue weighted by Crippen LogP contribution is 2.47. The van der Waals surface area contributed by atoms with Gasteiger partial charge in [-0.15, -0.1) is 0 Å². The Morgan fingerprint density at radius 3 is 2.35 bits per heavy atom. The summed E-state index contributed by atoms with van der Waals surface area (Å²) < 4.78 is 11.6. The molecular weight excluding hydrogens is 212 g/mol. The van der Waals surface area contributed by atoms with E-state index in [0.29, 0.717) is 12.7 Å². The largest absolute Gasteiger partial charge is 0.348 e. The molecule has 1 fully saturated rings. The number of hydrogen-bond donors (Lipinski definition) is 0. The number of hydrogen-bond acceptors (Lipinski definition) is 2. The summed E-state index contributed by atoms with van der Waals surface area (Å²) in [6, 6.07) is 10.3. The van der Waals surface area contributed by atoms with Crippen LogP contribution in [0.3, 0.4) is 0 Å². The van der Waals surface area contributed by atoms with Gasteiger partial charge in [-0.05, 0) is 25.3 Å². The maximum absolute atomic E-state index is 5.91. The van der Waals surface area contributed by atoms with Crippen LogP contribution < -0.4 is 0 Å². The van der Waals surface area contributed by atoms with Gasteiger partial charge in [0.25, 0.3) is 0 Å². The Kier molecular flexibility index (Phi) is 3.85. The van der Waals surface area contributed by atoms with Crippen molar-refractivity contribution in [2.45, 2.75) is 52.6 Å². The second kappa shape index (κ2) is 5.19. The minimum Gasteiger partial charge on any atom is -0.348 e. The molecule has 0 N–H and O–H groups in total. The van der Waals surface area contributed by atoms with Crippen molar-refractivity contribution in [3.63, 3.8) is 0 Å². The molecular formula is C15H22O2. The van der Waals surface area contributed by atoms with Crippen LogP contribution in [-0.2, 0) is 16.1 Å². The first-order valence-electron chi connectivity index (χ1n) is 6.54. The first-order chi connectivity index (χ1) is 8.23. The monoisotopic (exact) mass is 234 g/mol. The van der Waals surface area contributed by atoms with Gasteiger partial charge in [0.15, 0.2) is 6.29 Å². The van der Waals surface area contributed by atoms with Crippen molar-refractivity contribution in [2.75, 3.05) is 0 Å². The molecule has 1 aliphatic heterocycles. The molecule has 2 rings (SSSR count). The fourth-order valence-corrected chi connectivity index (χ4v) is 2.69. The third kappa shape index (κ3) is 2.24. The van der Waals surface area contributed by atoms with E-state index >= 15 is 0 Å². The van der Waals surface area contributed by atoms with Gasteiger partial charge in [0.05, 0.1) is 12.7 Å². The Balaban J connectivity index is 1.92. The minimum atomic E-state index is -0.0345. The van der Waals surface area contributed by atoms with Gasteiger partial charge in [0.2, 0.25) is 0 Å². The van der Waals surface area contributed by atoms with E-state index in [2.05, 4.69) is 32.9 Å². The average Bonchev–Trinajstić information content (AvgIpc) is 2.37. The zero-order valence-electron chi connectivity index (χ0n) is 11.0. The smallest absolute Gasteiger partial charge is 0.166 e. The summed E-state index contributed by atoms with van der Waals surface area (Å²) in [5, 5.41) is 0. The molecule has 17 heavy (non-hydrogen) atoms. The van der Waals surface area contributed by atoms with Gasteiger partial charge in [-0.1, -0.05) is 44.2 Å². The predicted octanol–water partition coefficient (Wildman–Crippen LogP) is 3.75. The second-order valence-electron chi connectivity index (χ2n) is 4.85. The molecule has 0 saturated carbocycles. The van der Waals surface area contributed by atoms with Crippen molar-refractivity contribution in [3.05, 3.63) is 35.9 Å². The van der Waals surface area contributed by atoms with E-state index in [-0.39, 0.29) is 11.7 Å². The van der Waals surface area contributed by atoms with Crippen LogP contribution in [0.1, 0.15) is 39.2 Å².